The van der Waals surface area contributed by atoms with Crippen LogP contribution in [0.15, 0.2) is 28.1 Å². The van der Waals surface area contributed by atoms with Gasteiger partial charge in [0.15, 0.2) is 5.96 Å². The Morgan fingerprint density at radius 2 is 2.04 bits per heavy atom. The molecule has 0 aromatic heterocycles. The number of hydrogen-bond donors (Lipinski definition) is 3. The summed E-state index contributed by atoms with van der Waals surface area (Å²) in [5, 5.41) is 6.39. The molecule has 0 aliphatic rings. The monoisotopic (exact) mass is 336 g/mol. The van der Waals surface area contributed by atoms with E-state index in [1.54, 1.807) is 11.8 Å². The molecule has 1 aromatic carbocycles. The van der Waals surface area contributed by atoms with Gasteiger partial charge in [0.05, 0.1) is 12.0 Å². The largest absolute Gasteiger partial charge is 0.369 e. The van der Waals surface area contributed by atoms with Crippen molar-refractivity contribution in [1.82, 2.24) is 10.6 Å². The maximum absolute atomic E-state index is 11.4. The number of nitrogens with zero attached hydrogens (tertiary/aromatic N) is 1. The van der Waals surface area contributed by atoms with Gasteiger partial charge in [0.25, 0.3) is 0 Å². The van der Waals surface area contributed by atoms with Gasteiger partial charge in [-0.05, 0) is 51.1 Å². The predicted molar refractivity (Wildman–Crippen MR) is 98.8 cm³/mol. The summed E-state index contributed by atoms with van der Waals surface area (Å²) in [6, 6.07) is 6.38. The number of benzene rings is 1. The van der Waals surface area contributed by atoms with E-state index in [4.69, 9.17) is 5.73 Å². The summed E-state index contributed by atoms with van der Waals surface area (Å²) in [5.41, 5.74) is 7.22. The van der Waals surface area contributed by atoms with Crippen LogP contribution in [0.3, 0.4) is 0 Å². The molecule has 0 saturated carbocycles. The van der Waals surface area contributed by atoms with Crippen LogP contribution in [0.4, 0.5) is 0 Å². The van der Waals surface area contributed by atoms with E-state index in [-0.39, 0.29) is 5.91 Å². The highest BCUT2D eigenvalue weighted by Crippen LogP contribution is 2.22. The van der Waals surface area contributed by atoms with Gasteiger partial charge in [-0.15, -0.1) is 11.8 Å². The van der Waals surface area contributed by atoms with E-state index in [1.807, 2.05) is 20.8 Å². The van der Waals surface area contributed by atoms with Gasteiger partial charge in [-0.2, -0.15) is 0 Å². The lowest BCUT2D eigenvalue weighted by molar-refractivity contribution is -0.125. The fraction of sp³-hybridized carbons (Fsp3) is 0.529. The molecule has 4 N–H and O–H groups in total. The molecular formula is C17H28N4OS. The average molecular weight is 337 g/mol. The fourth-order valence-corrected chi connectivity index (χ4v) is 2.58. The average Bonchev–Trinajstić information content (AvgIpc) is 2.50. The Hall–Kier alpha value is -1.69. The fourth-order valence-electron chi connectivity index (χ4n) is 1.88. The highest BCUT2D eigenvalue weighted by molar-refractivity contribution is 7.98. The molecule has 5 nitrogen and oxygen atoms in total. The van der Waals surface area contributed by atoms with Crippen molar-refractivity contribution in [2.24, 2.45) is 16.1 Å². The topological polar surface area (TPSA) is 79.5 Å². The first-order valence-corrected chi connectivity index (χ1v) is 8.98. The molecule has 1 aromatic rings. The lowest BCUT2D eigenvalue weighted by Gasteiger charge is -2.22. The van der Waals surface area contributed by atoms with Crippen molar-refractivity contribution in [3.05, 3.63) is 29.3 Å². The number of aliphatic imine (C=N–C) groups is 1. The van der Waals surface area contributed by atoms with E-state index in [2.05, 4.69) is 47.0 Å². The third-order valence-electron chi connectivity index (χ3n) is 3.56. The maximum atomic E-state index is 11.4. The second kappa shape index (κ2) is 8.82. The van der Waals surface area contributed by atoms with Gasteiger partial charge in [-0.25, -0.2) is 4.99 Å². The van der Waals surface area contributed by atoms with Gasteiger partial charge in [0.1, 0.15) is 0 Å². The van der Waals surface area contributed by atoms with Crippen LogP contribution in [-0.4, -0.2) is 31.2 Å². The van der Waals surface area contributed by atoms with E-state index >= 15 is 0 Å². The quantitative estimate of drug-likeness (QED) is 0.405. The summed E-state index contributed by atoms with van der Waals surface area (Å²) in [7, 11) is 0. The second-order valence-electron chi connectivity index (χ2n) is 6.11. The first kappa shape index (κ1) is 19.4. The highest BCUT2D eigenvalue weighted by atomic mass is 32.2. The van der Waals surface area contributed by atoms with Crippen LogP contribution in [-0.2, 0) is 11.3 Å². The number of guanidine groups is 1. The molecule has 0 aliphatic heterocycles. The van der Waals surface area contributed by atoms with Crippen molar-refractivity contribution in [3.8, 4) is 0 Å². The lowest BCUT2D eigenvalue weighted by Crippen LogP contribution is -2.46. The van der Waals surface area contributed by atoms with Gasteiger partial charge < -0.3 is 16.4 Å². The molecule has 0 spiro atoms. The third-order valence-corrected chi connectivity index (χ3v) is 4.38. The summed E-state index contributed by atoms with van der Waals surface area (Å²) in [5.74, 6) is 0.360. The number of primary amides is 1. The zero-order valence-corrected chi connectivity index (χ0v) is 15.5. The first-order valence-electron chi connectivity index (χ1n) is 7.75. The first-order chi connectivity index (χ1) is 10.8. The zero-order valence-electron chi connectivity index (χ0n) is 14.7. The molecule has 1 amide bonds. The number of amides is 1. The maximum Gasteiger partial charge on any atom is 0.224 e. The van der Waals surface area contributed by atoms with E-state index in [0.29, 0.717) is 19.0 Å². The van der Waals surface area contributed by atoms with Crippen LogP contribution in [0.2, 0.25) is 0 Å². The summed E-state index contributed by atoms with van der Waals surface area (Å²) in [6.07, 6.45) is 2.07. The Bertz CT molecular complexity index is 570. The van der Waals surface area contributed by atoms with Crippen molar-refractivity contribution in [2.45, 2.75) is 39.1 Å². The van der Waals surface area contributed by atoms with Crippen molar-refractivity contribution in [1.29, 1.82) is 0 Å². The molecule has 0 atom stereocenters. The van der Waals surface area contributed by atoms with Crippen molar-refractivity contribution in [2.75, 3.05) is 19.3 Å². The molecule has 1 rings (SSSR count). The van der Waals surface area contributed by atoms with Crippen molar-refractivity contribution in [3.63, 3.8) is 0 Å². The number of nitrogens with one attached hydrogen (secondary N) is 2. The van der Waals surface area contributed by atoms with Crippen LogP contribution in [0.1, 0.15) is 31.9 Å². The van der Waals surface area contributed by atoms with Gasteiger partial charge in [0.2, 0.25) is 5.91 Å². The number of carbonyl (C=O) groups excluding carboxylic acids is 1. The number of rotatable bonds is 7. The minimum atomic E-state index is -0.621. The summed E-state index contributed by atoms with van der Waals surface area (Å²) < 4.78 is 0. The molecule has 0 aliphatic carbocycles. The zero-order chi connectivity index (χ0) is 17.5. The molecular weight excluding hydrogens is 308 g/mol. The minimum Gasteiger partial charge on any atom is -0.369 e. The molecule has 0 radical (unpaired) electrons. The Kier molecular flexibility index (Phi) is 7.42. The van der Waals surface area contributed by atoms with Gasteiger partial charge in [-0.3, -0.25) is 4.79 Å². The molecule has 0 bridgehead atoms. The Morgan fingerprint density at radius 3 is 2.61 bits per heavy atom. The normalized spacial score (nSPS) is 12.1. The second-order valence-corrected chi connectivity index (χ2v) is 6.96. The van der Waals surface area contributed by atoms with Crippen LogP contribution in [0.25, 0.3) is 0 Å². The predicted octanol–water partition coefficient (Wildman–Crippen LogP) is 2.28. The van der Waals surface area contributed by atoms with E-state index in [1.165, 1.54) is 16.0 Å². The summed E-state index contributed by atoms with van der Waals surface area (Å²) in [6.45, 7) is 9.52. The van der Waals surface area contributed by atoms with Crippen LogP contribution in [0.5, 0.6) is 0 Å². The lowest BCUT2D eigenvalue weighted by atomic mass is 9.93. The van der Waals surface area contributed by atoms with Crippen LogP contribution >= 0.6 is 11.8 Å². The molecule has 23 heavy (non-hydrogen) atoms. The smallest absolute Gasteiger partial charge is 0.224 e. The highest BCUT2D eigenvalue weighted by Gasteiger charge is 2.24. The van der Waals surface area contributed by atoms with Crippen molar-refractivity contribution < 1.29 is 4.79 Å². The number of aryl methyl sites for hydroxylation is 1. The van der Waals surface area contributed by atoms with Gasteiger partial charge in [-0.1, -0.05) is 12.1 Å². The molecule has 0 unspecified atom stereocenters. The summed E-state index contributed by atoms with van der Waals surface area (Å²) in [4.78, 5) is 17.3. The van der Waals surface area contributed by atoms with E-state index < -0.39 is 5.41 Å². The van der Waals surface area contributed by atoms with Crippen LogP contribution in [0, 0.1) is 12.3 Å². The van der Waals surface area contributed by atoms with Gasteiger partial charge >= 0.3 is 0 Å². The Labute approximate surface area is 143 Å². The summed E-state index contributed by atoms with van der Waals surface area (Å²) >= 11 is 1.72. The molecule has 128 valence electrons. The Balaban J connectivity index is 2.81. The number of carbonyl (C=O) groups is 1. The standard InChI is InChI=1S/C17H28N4OS/c1-6-19-16(21-11-17(3,4)15(18)22)20-10-13-8-7-12(2)9-14(13)23-5/h7-9H,6,10-11H2,1-5H3,(H2,18,22)(H2,19,20,21). The number of hydrogen-bond acceptors (Lipinski definition) is 3. The number of nitrogens with two attached hydrogens (primary N) is 1. The van der Waals surface area contributed by atoms with E-state index in [0.717, 1.165) is 6.54 Å². The number of thioether (sulfide) groups is 1. The molecule has 0 fully saturated rings. The molecule has 0 saturated heterocycles. The third kappa shape index (κ3) is 6.14. The van der Waals surface area contributed by atoms with Crippen molar-refractivity contribution >= 4 is 23.6 Å². The van der Waals surface area contributed by atoms with E-state index in [9.17, 15) is 4.79 Å². The minimum absolute atomic E-state index is 0.330. The van der Waals surface area contributed by atoms with Gasteiger partial charge in [0, 0.05) is 18.0 Å². The molecule has 6 heteroatoms. The van der Waals surface area contributed by atoms with Crippen LogP contribution < -0.4 is 16.4 Å². The Morgan fingerprint density at radius 1 is 1.35 bits per heavy atom. The molecule has 0 heterocycles. The SMILES string of the molecule is CCNC(=NCc1ccc(C)cc1SC)NCC(C)(C)C(N)=O.